The molecule has 0 bridgehead atoms. The molecule has 28 heavy (non-hydrogen) atoms. The smallest absolute Gasteiger partial charge is 0.257 e. The normalized spacial score (nSPS) is 22.5. The Morgan fingerprint density at radius 1 is 1.07 bits per heavy atom. The molecule has 2 amide bonds. The molecule has 1 unspecified atom stereocenters. The number of hydrogen-bond donors (Lipinski definition) is 0. The summed E-state index contributed by atoms with van der Waals surface area (Å²) in [5, 5.41) is 4.04. The predicted octanol–water partition coefficient (Wildman–Crippen LogP) is 0.900. The molecule has 2 aliphatic rings. The van der Waals surface area contributed by atoms with Gasteiger partial charge in [0.05, 0.1) is 38.1 Å². The van der Waals surface area contributed by atoms with Crippen LogP contribution in [0.1, 0.15) is 20.7 Å². The van der Waals surface area contributed by atoms with Crippen molar-refractivity contribution in [2.24, 2.45) is 7.05 Å². The summed E-state index contributed by atoms with van der Waals surface area (Å²) in [7, 11) is 1.75. The van der Waals surface area contributed by atoms with Crippen LogP contribution in [0.2, 0.25) is 0 Å². The second-order valence-corrected chi connectivity index (χ2v) is 6.97. The van der Waals surface area contributed by atoms with Crippen molar-refractivity contribution in [3.8, 4) is 0 Å². The summed E-state index contributed by atoms with van der Waals surface area (Å²) < 4.78 is 26.8. The summed E-state index contributed by atoms with van der Waals surface area (Å²) in [5.41, 5.74) is 0.763. The van der Waals surface area contributed by atoms with E-state index >= 15 is 0 Å². The van der Waals surface area contributed by atoms with Gasteiger partial charge in [-0.1, -0.05) is 6.07 Å². The Morgan fingerprint density at radius 2 is 1.71 bits per heavy atom. The highest BCUT2D eigenvalue weighted by molar-refractivity contribution is 5.95. The number of amides is 2. The van der Waals surface area contributed by atoms with Gasteiger partial charge >= 0.3 is 0 Å². The molecule has 2 fully saturated rings. The van der Waals surface area contributed by atoms with E-state index in [1.165, 1.54) is 24.4 Å². The van der Waals surface area contributed by atoms with Crippen LogP contribution < -0.4 is 0 Å². The fraction of sp³-hybridized carbons (Fsp3) is 0.421. The third kappa shape index (κ3) is 3.63. The van der Waals surface area contributed by atoms with Crippen molar-refractivity contribution >= 4 is 11.8 Å². The van der Waals surface area contributed by atoms with E-state index in [-0.39, 0.29) is 37.1 Å². The second kappa shape index (κ2) is 7.33. The first-order valence-electron chi connectivity index (χ1n) is 9.06. The van der Waals surface area contributed by atoms with Crippen LogP contribution in [0.15, 0.2) is 36.7 Å². The summed E-state index contributed by atoms with van der Waals surface area (Å²) in [5.74, 6) is -2.00. The molecule has 2 aromatic rings. The molecule has 0 N–H and O–H groups in total. The van der Waals surface area contributed by atoms with Gasteiger partial charge < -0.3 is 19.3 Å². The molecule has 1 aromatic carbocycles. The van der Waals surface area contributed by atoms with Gasteiger partial charge in [-0.3, -0.25) is 14.3 Å². The highest BCUT2D eigenvalue weighted by Gasteiger charge is 2.44. The van der Waals surface area contributed by atoms with Gasteiger partial charge in [0.15, 0.2) is 0 Å². The zero-order valence-corrected chi connectivity index (χ0v) is 15.5. The third-order valence-electron chi connectivity index (χ3n) is 4.91. The Balaban J connectivity index is 1.49. The molecule has 1 atom stereocenters. The molecule has 0 aliphatic carbocycles. The highest BCUT2D eigenvalue weighted by atomic mass is 19.1. The van der Waals surface area contributed by atoms with Crippen molar-refractivity contribution in [3.63, 3.8) is 0 Å². The highest BCUT2D eigenvalue weighted by Crippen LogP contribution is 2.26. The van der Waals surface area contributed by atoms with E-state index in [4.69, 9.17) is 9.47 Å². The maximum atomic E-state index is 13.5. The molecule has 8 nitrogen and oxygen atoms in total. The van der Waals surface area contributed by atoms with E-state index in [1.807, 2.05) is 0 Å². The molecule has 0 radical (unpaired) electrons. The van der Waals surface area contributed by atoms with Crippen LogP contribution in [-0.2, 0) is 16.5 Å². The van der Waals surface area contributed by atoms with Gasteiger partial charge in [0.1, 0.15) is 5.82 Å². The quantitative estimate of drug-likeness (QED) is 0.764. The zero-order chi connectivity index (χ0) is 19.7. The molecule has 4 rings (SSSR count). The van der Waals surface area contributed by atoms with Gasteiger partial charge in [-0.05, 0) is 18.2 Å². The average Bonchev–Trinajstić information content (AvgIpc) is 3.13. The lowest BCUT2D eigenvalue weighted by Crippen LogP contribution is -2.63. The van der Waals surface area contributed by atoms with E-state index in [9.17, 15) is 14.0 Å². The van der Waals surface area contributed by atoms with Crippen LogP contribution in [0, 0.1) is 5.82 Å². The lowest BCUT2D eigenvalue weighted by atomic mass is 10.1. The first kappa shape index (κ1) is 18.6. The number of aryl methyl sites for hydroxylation is 1. The van der Waals surface area contributed by atoms with Crippen LogP contribution in [0.3, 0.4) is 0 Å². The number of ether oxygens (including phenoxy) is 2. The van der Waals surface area contributed by atoms with Crippen LogP contribution in [0.5, 0.6) is 0 Å². The Bertz CT molecular complexity index is 898. The standard InChI is InChI=1S/C19H21FN4O4/c1-22-11-15(10-21-22)18(26)24-6-8-28-19(13-24)12-23(5-7-27-19)17(25)14-3-2-4-16(20)9-14/h2-4,9-11H,5-8,12-13H2,1H3. The van der Waals surface area contributed by atoms with Gasteiger partial charge in [0, 0.05) is 31.9 Å². The molecular formula is C19H21FN4O4. The molecule has 1 spiro atoms. The van der Waals surface area contributed by atoms with Gasteiger partial charge in [-0.15, -0.1) is 0 Å². The average molecular weight is 388 g/mol. The fourth-order valence-electron chi connectivity index (χ4n) is 3.56. The van der Waals surface area contributed by atoms with E-state index in [0.717, 1.165) is 0 Å². The van der Waals surface area contributed by atoms with Crippen LogP contribution >= 0.6 is 0 Å². The maximum absolute atomic E-state index is 13.5. The lowest BCUT2D eigenvalue weighted by molar-refractivity contribution is -0.282. The Morgan fingerprint density at radius 3 is 2.29 bits per heavy atom. The summed E-state index contributed by atoms with van der Waals surface area (Å²) in [6.07, 6.45) is 3.18. The maximum Gasteiger partial charge on any atom is 0.257 e. The van der Waals surface area contributed by atoms with Crippen molar-refractivity contribution in [1.82, 2.24) is 19.6 Å². The Hall–Kier alpha value is -2.78. The summed E-state index contributed by atoms with van der Waals surface area (Å²) >= 11 is 0. The van der Waals surface area contributed by atoms with Crippen molar-refractivity contribution in [3.05, 3.63) is 53.6 Å². The van der Waals surface area contributed by atoms with Gasteiger partial charge in [-0.25, -0.2) is 4.39 Å². The van der Waals surface area contributed by atoms with Gasteiger partial charge in [0.2, 0.25) is 5.79 Å². The number of morpholine rings is 2. The molecule has 2 aliphatic heterocycles. The number of aromatic nitrogens is 2. The van der Waals surface area contributed by atoms with E-state index in [1.54, 1.807) is 33.8 Å². The zero-order valence-electron chi connectivity index (χ0n) is 15.5. The number of hydrogen-bond acceptors (Lipinski definition) is 5. The van der Waals surface area contributed by atoms with Gasteiger partial charge in [-0.2, -0.15) is 5.10 Å². The van der Waals surface area contributed by atoms with Crippen molar-refractivity contribution < 1.29 is 23.5 Å². The molecule has 1 aromatic heterocycles. The minimum Gasteiger partial charge on any atom is -0.345 e. The Kier molecular flexibility index (Phi) is 4.86. The Labute approximate surface area is 161 Å². The first-order chi connectivity index (χ1) is 13.5. The minimum atomic E-state index is -1.09. The molecule has 0 saturated carbocycles. The van der Waals surface area contributed by atoms with Crippen molar-refractivity contribution in [2.45, 2.75) is 5.79 Å². The van der Waals surface area contributed by atoms with Crippen LogP contribution in [-0.4, -0.2) is 76.6 Å². The molecule has 9 heteroatoms. The van der Waals surface area contributed by atoms with E-state index < -0.39 is 11.6 Å². The molecule has 148 valence electrons. The van der Waals surface area contributed by atoms with Gasteiger partial charge in [0.25, 0.3) is 11.8 Å². The summed E-state index contributed by atoms with van der Waals surface area (Å²) in [6, 6.07) is 5.59. The number of carbonyl (C=O) groups is 2. The number of nitrogens with zero attached hydrogens (tertiary/aromatic N) is 4. The first-order valence-corrected chi connectivity index (χ1v) is 9.06. The lowest BCUT2D eigenvalue weighted by Gasteiger charge is -2.47. The molecular weight excluding hydrogens is 367 g/mol. The van der Waals surface area contributed by atoms with Crippen LogP contribution in [0.25, 0.3) is 0 Å². The van der Waals surface area contributed by atoms with Crippen LogP contribution in [0.4, 0.5) is 4.39 Å². The SMILES string of the molecule is Cn1cc(C(=O)N2CCOC3(CN(C(=O)c4cccc(F)c4)CCO3)C2)cn1. The third-order valence-corrected chi connectivity index (χ3v) is 4.91. The number of rotatable bonds is 2. The second-order valence-electron chi connectivity index (χ2n) is 6.97. The van der Waals surface area contributed by atoms with E-state index in [2.05, 4.69) is 5.10 Å². The largest absolute Gasteiger partial charge is 0.345 e. The summed E-state index contributed by atoms with van der Waals surface area (Å²) in [6.45, 7) is 1.74. The number of halogens is 1. The van der Waals surface area contributed by atoms with E-state index in [0.29, 0.717) is 25.3 Å². The minimum absolute atomic E-state index is 0.159. The molecule has 2 saturated heterocycles. The predicted molar refractivity (Wildman–Crippen MR) is 96.1 cm³/mol. The van der Waals surface area contributed by atoms with Crippen molar-refractivity contribution in [2.75, 3.05) is 39.4 Å². The number of benzene rings is 1. The fourth-order valence-corrected chi connectivity index (χ4v) is 3.56. The topological polar surface area (TPSA) is 76.9 Å². The molecule has 3 heterocycles. The monoisotopic (exact) mass is 388 g/mol. The summed E-state index contributed by atoms with van der Waals surface area (Å²) in [4.78, 5) is 28.8. The van der Waals surface area contributed by atoms with Crippen molar-refractivity contribution in [1.29, 1.82) is 0 Å². The number of carbonyl (C=O) groups excluding carboxylic acids is 2.